The summed E-state index contributed by atoms with van der Waals surface area (Å²) in [5, 5.41) is 0. The Labute approximate surface area is 120 Å². The molecule has 19 heavy (non-hydrogen) atoms. The molecule has 1 unspecified atom stereocenters. The van der Waals surface area contributed by atoms with Crippen molar-refractivity contribution in [2.75, 3.05) is 33.0 Å². The van der Waals surface area contributed by atoms with Crippen molar-refractivity contribution in [1.82, 2.24) is 0 Å². The summed E-state index contributed by atoms with van der Waals surface area (Å²) < 4.78 is 16.6. The monoisotopic (exact) mass is 274 g/mol. The molecule has 0 radical (unpaired) electrons. The standard InChI is InChI=1S/C16H34O3/c1-5-8-15(4)19-14-13-18-12-11-17-10-9-16(6-2)7-3/h15-16H,5-14H2,1-4H3. The maximum absolute atomic E-state index is 5.60. The van der Waals surface area contributed by atoms with Gasteiger partial charge in [0.25, 0.3) is 0 Å². The summed E-state index contributed by atoms with van der Waals surface area (Å²) >= 11 is 0. The van der Waals surface area contributed by atoms with Crippen molar-refractivity contribution < 1.29 is 14.2 Å². The fourth-order valence-corrected chi connectivity index (χ4v) is 2.07. The molecule has 0 N–H and O–H groups in total. The van der Waals surface area contributed by atoms with E-state index in [1.54, 1.807) is 0 Å². The van der Waals surface area contributed by atoms with Crippen LogP contribution in [0.15, 0.2) is 0 Å². The summed E-state index contributed by atoms with van der Waals surface area (Å²) in [7, 11) is 0. The summed E-state index contributed by atoms with van der Waals surface area (Å²) in [4.78, 5) is 0. The fourth-order valence-electron chi connectivity index (χ4n) is 2.07. The minimum absolute atomic E-state index is 0.352. The van der Waals surface area contributed by atoms with Crippen molar-refractivity contribution in [3.8, 4) is 0 Å². The maximum Gasteiger partial charge on any atom is 0.0704 e. The van der Waals surface area contributed by atoms with Crippen LogP contribution in [-0.2, 0) is 14.2 Å². The molecule has 0 spiro atoms. The highest BCUT2D eigenvalue weighted by Crippen LogP contribution is 2.11. The zero-order valence-corrected chi connectivity index (χ0v) is 13.5. The molecule has 116 valence electrons. The quantitative estimate of drug-likeness (QED) is 0.447. The predicted molar refractivity (Wildman–Crippen MR) is 80.6 cm³/mol. The molecular formula is C16H34O3. The Bertz CT molecular complexity index is 169. The second-order valence-corrected chi connectivity index (χ2v) is 5.17. The predicted octanol–water partition coefficient (Wildman–Crippen LogP) is 4.05. The Balaban J connectivity index is 3.14. The molecule has 0 saturated carbocycles. The van der Waals surface area contributed by atoms with Crippen LogP contribution in [0.25, 0.3) is 0 Å². The normalized spacial score (nSPS) is 13.1. The van der Waals surface area contributed by atoms with Crippen LogP contribution in [0.2, 0.25) is 0 Å². The lowest BCUT2D eigenvalue weighted by Crippen LogP contribution is -2.14. The summed E-state index contributed by atoms with van der Waals surface area (Å²) in [6, 6.07) is 0. The van der Waals surface area contributed by atoms with Gasteiger partial charge in [0.2, 0.25) is 0 Å². The van der Waals surface area contributed by atoms with Gasteiger partial charge in [-0.1, -0.05) is 40.0 Å². The first kappa shape index (κ1) is 18.9. The first-order chi connectivity index (χ1) is 9.24. The molecule has 0 fully saturated rings. The smallest absolute Gasteiger partial charge is 0.0704 e. The number of rotatable bonds is 14. The number of hydrogen-bond donors (Lipinski definition) is 0. The zero-order valence-electron chi connectivity index (χ0n) is 13.5. The van der Waals surface area contributed by atoms with Crippen LogP contribution < -0.4 is 0 Å². The molecule has 0 rings (SSSR count). The molecule has 0 bridgehead atoms. The van der Waals surface area contributed by atoms with E-state index in [0.717, 1.165) is 18.9 Å². The van der Waals surface area contributed by atoms with Gasteiger partial charge in [0, 0.05) is 6.61 Å². The Morgan fingerprint density at radius 1 is 0.737 bits per heavy atom. The van der Waals surface area contributed by atoms with Gasteiger partial charge in [-0.25, -0.2) is 0 Å². The van der Waals surface area contributed by atoms with E-state index in [9.17, 15) is 0 Å². The largest absolute Gasteiger partial charge is 0.379 e. The second kappa shape index (κ2) is 14.3. The average molecular weight is 274 g/mol. The molecule has 0 aromatic rings. The molecule has 1 atom stereocenters. The van der Waals surface area contributed by atoms with E-state index >= 15 is 0 Å². The molecule has 0 saturated heterocycles. The van der Waals surface area contributed by atoms with Crippen molar-refractivity contribution in [1.29, 1.82) is 0 Å². The van der Waals surface area contributed by atoms with Crippen molar-refractivity contribution in [2.24, 2.45) is 5.92 Å². The van der Waals surface area contributed by atoms with Crippen molar-refractivity contribution in [3.05, 3.63) is 0 Å². The molecule has 0 aromatic carbocycles. The lowest BCUT2D eigenvalue weighted by molar-refractivity contribution is -0.00945. The van der Waals surface area contributed by atoms with Crippen LogP contribution in [0, 0.1) is 5.92 Å². The van der Waals surface area contributed by atoms with Gasteiger partial charge in [-0.15, -0.1) is 0 Å². The first-order valence-electron chi connectivity index (χ1n) is 8.01. The molecule has 3 nitrogen and oxygen atoms in total. The third kappa shape index (κ3) is 12.6. The van der Waals surface area contributed by atoms with Crippen molar-refractivity contribution in [3.63, 3.8) is 0 Å². The minimum Gasteiger partial charge on any atom is -0.379 e. The minimum atomic E-state index is 0.352. The summed E-state index contributed by atoms with van der Waals surface area (Å²) in [6.45, 7) is 12.4. The Morgan fingerprint density at radius 3 is 1.89 bits per heavy atom. The Morgan fingerprint density at radius 2 is 1.32 bits per heavy atom. The summed E-state index contributed by atoms with van der Waals surface area (Å²) in [5.41, 5.74) is 0. The molecule has 0 aliphatic carbocycles. The van der Waals surface area contributed by atoms with Gasteiger partial charge in [-0.3, -0.25) is 0 Å². The number of hydrogen-bond acceptors (Lipinski definition) is 3. The molecular weight excluding hydrogens is 240 g/mol. The van der Waals surface area contributed by atoms with E-state index in [1.165, 1.54) is 25.7 Å². The average Bonchev–Trinajstić information content (AvgIpc) is 2.41. The van der Waals surface area contributed by atoms with Gasteiger partial charge in [-0.2, -0.15) is 0 Å². The van der Waals surface area contributed by atoms with Crippen molar-refractivity contribution in [2.45, 2.75) is 65.9 Å². The molecule has 0 aliphatic rings. The number of ether oxygens (including phenoxy) is 3. The van der Waals surface area contributed by atoms with Crippen molar-refractivity contribution >= 4 is 0 Å². The van der Waals surface area contributed by atoms with Crippen LogP contribution in [0.3, 0.4) is 0 Å². The zero-order chi connectivity index (χ0) is 14.3. The molecule has 0 aliphatic heterocycles. The molecule has 0 amide bonds. The van der Waals surface area contributed by atoms with Gasteiger partial charge >= 0.3 is 0 Å². The third-order valence-corrected chi connectivity index (χ3v) is 3.52. The van der Waals surface area contributed by atoms with E-state index in [1.807, 2.05) is 0 Å². The Hall–Kier alpha value is -0.120. The molecule has 0 aromatic heterocycles. The summed E-state index contributed by atoms with van der Waals surface area (Å²) in [5.74, 6) is 0.814. The highest BCUT2D eigenvalue weighted by atomic mass is 16.5. The van der Waals surface area contributed by atoms with Crippen LogP contribution in [0.1, 0.15) is 59.8 Å². The molecule has 0 heterocycles. The lowest BCUT2D eigenvalue weighted by Gasteiger charge is -2.13. The highest BCUT2D eigenvalue weighted by molar-refractivity contribution is 4.53. The van der Waals surface area contributed by atoms with Gasteiger partial charge < -0.3 is 14.2 Å². The van der Waals surface area contributed by atoms with E-state index in [2.05, 4.69) is 27.7 Å². The fraction of sp³-hybridized carbons (Fsp3) is 1.00. The van der Waals surface area contributed by atoms with Gasteiger partial charge in [0.15, 0.2) is 0 Å². The van der Waals surface area contributed by atoms with Crippen LogP contribution in [0.4, 0.5) is 0 Å². The van der Waals surface area contributed by atoms with Gasteiger partial charge in [0.05, 0.1) is 32.5 Å². The van der Waals surface area contributed by atoms with Crippen LogP contribution in [0.5, 0.6) is 0 Å². The second-order valence-electron chi connectivity index (χ2n) is 5.17. The highest BCUT2D eigenvalue weighted by Gasteiger charge is 2.02. The first-order valence-corrected chi connectivity index (χ1v) is 8.01. The van der Waals surface area contributed by atoms with Gasteiger partial charge in [-0.05, 0) is 25.7 Å². The lowest BCUT2D eigenvalue weighted by atomic mass is 10.0. The Kier molecular flexibility index (Phi) is 14.2. The van der Waals surface area contributed by atoms with Gasteiger partial charge in [0.1, 0.15) is 0 Å². The van der Waals surface area contributed by atoms with Crippen LogP contribution >= 0.6 is 0 Å². The van der Waals surface area contributed by atoms with E-state index in [4.69, 9.17) is 14.2 Å². The van der Waals surface area contributed by atoms with Crippen LogP contribution in [-0.4, -0.2) is 39.1 Å². The van der Waals surface area contributed by atoms with E-state index < -0.39 is 0 Å². The molecule has 3 heteroatoms. The maximum atomic E-state index is 5.60. The summed E-state index contributed by atoms with van der Waals surface area (Å²) in [6.07, 6.45) is 6.33. The third-order valence-electron chi connectivity index (χ3n) is 3.52. The van der Waals surface area contributed by atoms with E-state index in [0.29, 0.717) is 32.5 Å². The SMILES string of the molecule is CCCC(C)OCCOCCOCCC(CC)CC. The topological polar surface area (TPSA) is 27.7 Å². The van der Waals surface area contributed by atoms with E-state index in [-0.39, 0.29) is 0 Å².